The summed E-state index contributed by atoms with van der Waals surface area (Å²) in [6.45, 7) is 0. The number of benzene rings is 1. The number of carbonyl (C=O) groups is 2. The van der Waals surface area contributed by atoms with Gasteiger partial charge in [-0.25, -0.2) is 0 Å². The molecular formula is C16H15N3O3. The van der Waals surface area contributed by atoms with Crippen LogP contribution in [0.25, 0.3) is 0 Å². The number of H-pyrrole nitrogens is 1. The maximum Gasteiger partial charge on any atom is 0.257 e. The first-order valence-corrected chi connectivity index (χ1v) is 7.03. The minimum atomic E-state index is -0.351. The van der Waals surface area contributed by atoms with Crippen LogP contribution in [0.1, 0.15) is 33.6 Å². The third-order valence-electron chi connectivity index (χ3n) is 3.34. The van der Waals surface area contributed by atoms with Gasteiger partial charge in [-0.1, -0.05) is 6.07 Å². The number of aromatic amines is 1. The van der Waals surface area contributed by atoms with Crippen LogP contribution in [0, 0.1) is 0 Å². The van der Waals surface area contributed by atoms with E-state index in [2.05, 4.69) is 15.6 Å². The number of hydrogen-bond acceptors (Lipinski definition) is 3. The van der Waals surface area contributed by atoms with Crippen molar-refractivity contribution in [3.63, 3.8) is 0 Å². The Morgan fingerprint density at radius 1 is 1.05 bits per heavy atom. The smallest absolute Gasteiger partial charge is 0.257 e. The summed E-state index contributed by atoms with van der Waals surface area (Å²) in [6.07, 6.45) is 3.39. The molecule has 1 saturated carbocycles. The maximum atomic E-state index is 12.1. The summed E-state index contributed by atoms with van der Waals surface area (Å²) in [5.74, 6) is -0.487. The average Bonchev–Trinajstić information content (AvgIpc) is 3.32. The largest absolute Gasteiger partial charge is 0.349 e. The van der Waals surface area contributed by atoms with Crippen LogP contribution < -0.4 is 16.2 Å². The van der Waals surface area contributed by atoms with Crippen LogP contribution in [0.5, 0.6) is 0 Å². The van der Waals surface area contributed by atoms with Crippen molar-refractivity contribution in [1.82, 2.24) is 10.3 Å². The monoisotopic (exact) mass is 297 g/mol. The quantitative estimate of drug-likeness (QED) is 0.799. The molecule has 1 heterocycles. The highest BCUT2D eigenvalue weighted by Crippen LogP contribution is 2.20. The van der Waals surface area contributed by atoms with Crippen LogP contribution in [0.4, 0.5) is 5.69 Å². The van der Waals surface area contributed by atoms with Gasteiger partial charge in [0, 0.05) is 29.6 Å². The van der Waals surface area contributed by atoms with Gasteiger partial charge in [-0.3, -0.25) is 14.4 Å². The van der Waals surface area contributed by atoms with Crippen LogP contribution in [0.15, 0.2) is 47.4 Å². The molecule has 0 unspecified atom stereocenters. The predicted molar refractivity (Wildman–Crippen MR) is 81.9 cm³/mol. The molecule has 0 radical (unpaired) electrons. The van der Waals surface area contributed by atoms with E-state index in [4.69, 9.17) is 0 Å². The van der Waals surface area contributed by atoms with E-state index in [0.29, 0.717) is 16.8 Å². The van der Waals surface area contributed by atoms with Crippen LogP contribution in [-0.4, -0.2) is 22.8 Å². The van der Waals surface area contributed by atoms with Gasteiger partial charge in [0.15, 0.2) is 0 Å². The van der Waals surface area contributed by atoms with E-state index in [0.717, 1.165) is 12.8 Å². The Hall–Kier alpha value is -2.89. The number of carbonyl (C=O) groups excluding carboxylic acids is 2. The van der Waals surface area contributed by atoms with E-state index in [1.807, 2.05) is 0 Å². The van der Waals surface area contributed by atoms with E-state index in [1.54, 1.807) is 24.3 Å². The van der Waals surface area contributed by atoms with E-state index in [-0.39, 0.29) is 23.4 Å². The number of amides is 2. The Kier molecular flexibility index (Phi) is 3.74. The van der Waals surface area contributed by atoms with Crippen molar-refractivity contribution < 1.29 is 9.59 Å². The zero-order valence-corrected chi connectivity index (χ0v) is 11.8. The number of anilines is 1. The second-order valence-corrected chi connectivity index (χ2v) is 5.22. The molecule has 0 spiro atoms. The molecule has 0 aliphatic heterocycles. The van der Waals surface area contributed by atoms with Crippen molar-refractivity contribution in [2.24, 2.45) is 0 Å². The molecule has 1 aromatic carbocycles. The third-order valence-corrected chi connectivity index (χ3v) is 3.34. The Bertz CT molecular complexity index is 758. The van der Waals surface area contributed by atoms with Gasteiger partial charge in [-0.15, -0.1) is 0 Å². The molecule has 1 aromatic heterocycles. The molecule has 6 heteroatoms. The molecule has 2 amide bonds. The highest BCUT2D eigenvalue weighted by Gasteiger charge is 2.23. The molecule has 2 aromatic rings. The standard InChI is InChI=1S/C16H15N3O3/c20-14-7-4-11(9-17-14)16(22)19-13-3-1-2-10(8-13)15(21)18-12-5-6-12/h1-4,7-9,12H,5-6H2,(H,17,20)(H,18,21)(H,19,22). The Labute approximate surface area is 126 Å². The summed E-state index contributed by atoms with van der Waals surface area (Å²) >= 11 is 0. The van der Waals surface area contributed by atoms with Crippen molar-refractivity contribution in [1.29, 1.82) is 0 Å². The fourth-order valence-electron chi connectivity index (χ4n) is 1.99. The number of nitrogens with one attached hydrogen (secondary N) is 3. The first-order chi connectivity index (χ1) is 10.6. The van der Waals surface area contributed by atoms with E-state index >= 15 is 0 Å². The first kappa shape index (κ1) is 14.1. The van der Waals surface area contributed by atoms with Gasteiger partial charge in [0.25, 0.3) is 11.8 Å². The molecule has 3 N–H and O–H groups in total. The lowest BCUT2D eigenvalue weighted by atomic mass is 10.1. The number of rotatable bonds is 4. The van der Waals surface area contributed by atoms with Crippen LogP contribution in [0.2, 0.25) is 0 Å². The topological polar surface area (TPSA) is 91.1 Å². The highest BCUT2D eigenvalue weighted by atomic mass is 16.2. The second-order valence-electron chi connectivity index (χ2n) is 5.22. The normalized spacial score (nSPS) is 13.5. The van der Waals surface area contributed by atoms with Gasteiger partial charge in [0.05, 0.1) is 5.56 Å². The molecule has 1 aliphatic carbocycles. The van der Waals surface area contributed by atoms with Gasteiger partial charge >= 0.3 is 0 Å². The summed E-state index contributed by atoms with van der Waals surface area (Å²) in [5, 5.41) is 5.60. The molecule has 3 rings (SSSR count). The molecule has 0 saturated heterocycles. The minimum Gasteiger partial charge on any atom is -0.349 e. The van der Waals surface area contributed by atoms with Crippen molar-refractivity contribution in [3.05, 3.63) is 64.1 Å². The highest BCUT2D eigenvalue weighted by molar-refractivity contribution is 6.04. The van der Waals surface area contributed by atoms with Gasteiger partial charge in [0.1, 0.15) is 0 Å². The summed E-state index contributed by atoms with van der Waals surface area (Å²) in [7, 11) is 0. The lowest BCUT2D eigenvalue weighted by Crippen LogP contribution is -2.25. The number of hydrogen-bond donors (Lipinski definition) is 3. The minimum absolute atomic E-state index is 0.136. The molecule has 22 heavy (non-hydrogen) atoms. The molecule has 1 fully saturated rings. The molecular weight excluding hydrogens is 282 g/mol. The molecule has 0 atom stereocenters. The Morgan fingerprint density at radius 2 is 1.86 bits per heavy atom. The lowest BCUT2D eigenvalue weighted by Gasteiger charge is -2.08. The van der Waals surface area contributed by atoms with Gasteiger partial charge < -0.3 is 15.6 Å². The van der Waals surface area contributed by atoms with E-state index < -0.39 is 0 Å². The molecule has 6 nitrogen and oxygen atoms in total. The van der Waals surface area contributed by atoms with Crippen molar-refractivity contribution in [2.45, 2.75) is 18.9 Å². The Morgan fingerprint density at radius 3 is 2.55 bits per heavy atom. The van der Waals surface area contributed by atoms with Crippen LogP contribution in [-0.2, 0) is 0 Å². The molecule has 1 aliphatic rings. The van der Waals surface area contributed by atoms with Crippen LogP contribution in [0.3, 0.4) is 0 Å². The zero-order valence-electron chi connectivity index (χ0n) is 11.8. The van der Waals surface area contributed by atoms with Gasteiger partial charge in [0.2, 0.25) is 5.56 Å². The fraction of sp³-hybridized carbons (Fsp3) is 0.188. The van der Waals surface area contributed by atoms with Gasteiger partial charge in [-0.2, -0.15) is 0 Å². The summed E-state index contributed by atoms with van der Waals surface area (Å²) < 4.78 is 0. The zero-order chi connectivity index (χ0) is 15.5. The molecule has 0 bridgehead atoms. The van der Waals surface area contributed by atoms with E-state index in [1.165, 1.54) is 18.3 Å². The van der Waals surface area contributed by atoms with Crippen molar-refractivity contribution >= 4 is 17.5 Å². The summed E-state index contributed by atoms with van der Waals surface area (Å²) in [6, 6.07) is 9.76. The summed E-state index contributed by atoms with van der Waals surface area (Å²) in [4.78, 5) is 37.5. The third kappa shape index (κ3) is 3.41. The van der Waals surface area contributed by atoms with Gasteiger partial charge in [-0.05, 0) is 37.1 Å². The maximum absolute atomic E-state index is 12.1. The SMILES string of the molecule is O=C(Nc1cccc(C(=O)NC2CC2)c1)c1ccc(=O)[nH]c1. The van der Waals surface area contributed by atoms with Crippen molar-refractivity contribution in [2.75, 3.05) is 5.32 Å². The van der Waals surface area contributed by atoms with E-state index in [9.17, 15) is 14.4 Å². The van der Waals surface area contributed by atoms with Crippen LogP contribution >= 0.6 is 0 Å². The molecule has 112 valence electrons. The lowest BCUT2D eigenvalue weighted by molar-refractivity contribution is 0.0949. The summed E-state index contributed by atoms with van der Waals surface area (Å²) in [5.41, 5.74) is 1.11. The second kappa shape index (κ2) is 5.85. The fourth-order valence-corrected chi connectivity index (χ4v) is 1.99. The number of aromatic nitrogens is 1. The Balaban J connectivity index is 1.71. The van der Waals surface area contributed by atoms with Crippen molar-refractivity contribution in [3.8, 4) is 0 Å². The number of pyridine rings is 1. The first-order valence-electron chi connectivity index (χ1n) is 7.03. The average molecular weight is 297 g/mol. The predicted octanol–water partition coefficient (Wildman–Crippen LogP) is 1.52.